The molecular weight excluding hydrogens is 356 g/mol. The number of nitrogens with zero attached hydrogens (tertiary/aromatic N) is 3. The zero-order valence-corrected chi connectivity index (χ0v) is 16.4. The number of anilines is 1. The predicted molar refractivity (Wildman–Crippen MR) is 104 cm³/mol. The second-order valence-corrected chi connectivity index (χ2v) is 8.23. The Morgan fingerprint density at radius 3 is 2.50 bits per heavy atom. The molecule has 2 heterocycles. The summed E-state index contributed by atoms with van der Waals surface area (Å²) in [6.45, 7) is 5.04. The molecule has 0 spiro atoms. The first-order valence-corrected chi connectivity index (χ1v) is 9.91. The summed E-state index contributed by atoms with van der Waals surface area (Å²) < 4.78 is 5.43. The third-order valence-corrected chi connectivity index (χ3v) is 5.76. The van der Waals surface area contributed by atoms with Gasteiger partial charge in [0.2, 0.25) is 17.7 Å². The second-order valence-electron chi connectivity index (χ2n) is 8.23. The van der Waals surface area contributed by atoms with Gasteiger partial charge in [-0.1, -0.05) is 24.2 Å². The average molecular weight is 382 g/mol. The van der Waals surface area contributed by atoms with Crippen molar-refractivity contribution in [2.24, 2.45) is 0 Å². The highest BCUT2D eigenvalue weighted by molar-refractivity contribution is 5.88. The summed E-state index contributed by atoms with van der Waals surface area (Å²) in [6.07, 6.45) is 4.33. The number of piperidine rings is 1. The van der Waals surface area contributed by atoms with Crippen molar-refractivity contribution < 1.29 is 14.1 Å². The van der Waals surface area contributed by atoms with Gasteiger partial charge in [-0.05, 0) is 43.4 Å². The summed E-state index contributed by atoms with van der Waals surface area (Å²) in [5, 5.41) is 6.95. The predicted octanol–water partition coefficient (Wildman–Crippen LogP) is 3.03. The second kappa shape index (κ2) is 7.37. The molecule has 1 saturated heterocycles. The number of aromatic nitrogens is 2. The van der Waals surface area contributed by atoms with Crippen molar-refractivity contribution in [3.63, 3.8) is 0 Å². The number of benzene rings is 1. The maximum absolute atomic E-state index is 12.7. The topological polar surface area (TPSA) is 88.3 Å². The number of nitrogens with one attached hydrogen (secondary N) is 1. The Hall–Kier alpha value is -2.70. The summed E-state index contributed by atoms with van der Waals surface area (Å²) >= 11 is 0. The highest BCUT2D eigenvalue weighted by atomic mass is 16.5. The third kappa shape index (κ3) is 4.08. The van der Waals surface area contributed by atoms with Crippen LogP contribution in [0.3, 0.4) is 0 Å². The van der Waals surface area contributed by atoms with E-state index in [9.17, 15) is 9.59 Å². The van der Waals surface area contributed by atoms with Crippen LogP contribution < -0.4 is 5.32 Å². The van der Waals surface area contributed by atoms with Gasteiger partial charge >= 0.3 is 0 Å². The molecule has 0 radical (unpaired) electrons. The van der Waals surface area contributed by atoms with Crippen molar-refractivity contribution in [3.05, 3.63) is 41.5 Å². The number of hydrogen-bond donors (Lipinski definition) is 1. The molecule has 1 aliphatic carbocycles. The largest absolute Gasteiger partial charge is 0.342 e. The van der Waals surface area contributed by atoms with Gasteiger partial charge in [-0.2, -0.15) is 4.98 Å². The Balaban J connectivity index is 1.32. The normalized spacial score (nSPS) is 18.7. The van der Waals surface area contributed by atoms with Crippen LogP contribution in [0, 0.1) is 0 Å². The molecule has 7 nitrogen and oxygen atoms in total. The Bertz CT molecular complexity index is 862. The fraction of sp³-hybridized carbons (Fsp3) is 0.524. The summed E-state index contributed by atoms with van der Waals surface area (Å²) in [4.78, 5) is 30.3. The standard InChI is InChI=1S/C21H26N4O3/c1-14(26)22-17-7-3-15(4-8-17)13-18(27)25-11-9-21(2,10-12-25)20-23-19(28-24-20)16-5-6-16/h3-4,7-8,16H,5-6,9-13H2,1-2H3,(H,22,26). The number of amides is 2. The number of likely N-dealkylation sites (tertiary alicyclic amines) is 1. The zero-order valence-electron chi connectivity index (χ0n) is 16.4. The maximum Gasteiger partial charge on any atom is 0.229 e. The van der Waals surface area contributed by atoms with Crippen LogP contribution in [0.2, 0.25) is 0 Å². The van der Waals surface area contributed by atoms with Crippen LogP contribution in [-0.4, -0.2) is 39.9 Å². The van der Waals surface area contributed by atoms with Gasteiger partial charge < -0.3 is 14.7 Å². The van der Waals surface area contributed by atoms with Gasteiger partial charge in [0.15, 0.2) is 5.82 Å². The van der Waals surface area contributed by atoms with E-state index in [0.29, 0.717) is 25.4 Å². The van der Waals surface area contributed by atoms with E-state index in [-0.39, 0.29) is 17.2 Å². The number of rotatable bonds is 5. The molecule has 2 aromatic rings. The van der Waals surface area contributed by atoms with Crippen LogP contribution in [0.25, 0.3) is 0 Å². The minimum absolute atomic E-state index is 0.106. The van der Waals surface area contributed by atoms with E-state index in [1.165, 1.54) is 6.92 Å². The lowest BCUT2D eigenvalue weighted by atomic mass is 9.79. The lowest BCUT2D eigenvalue weighted by Crippen LogP contribution is -2.44. The van der Waals surface area contributed by atoms with Gasteiger partial charge in [-0.15, -0.1) is 0 Å². The van der Waals surface area contributed by atoms with E-state index in [2.05, 4.69) is 22.4 Å². The molecule has 2 aliphatic rings. The average Bonchev–Trinajstić information content (AvgIpc) is 3.39. The van der Waals surface area contributed by atoms with Gasteiger partial charge in [-0.25, -0.2) is 0 Å². The van der Waals surface area contributed by atoms with E-state index >= 15 is 0 Å². The van der Waals surface area contributed by atoms with E-state index in [4.69, 9.17) is 4.52 Å². The van der Waals surface area contributed by atoms with Crippen molar-refractivity contribution in [1.82, 2.24) is 15.0 Å². The smallest absolute Gasteiger partial charge is 0.229 e. The number of carbonyl (C=O) groups is 2. The first-order valence-electron chi connectivity index (χ1n) is 9.91. The van der Waals surface area contributed by atoms with Crippen LogP contribution in [0.1, 0.15) is 62.7 Å². The fourth-order valence-corrected chi connectivity index (χ4v) is 3.65. The number of hydrogen-bond acceptors (Lipinski definition) is 5. The summed E-state index contributed by atoms with van der Waals surface area (Å²) in [5.41, 5.74) is 1.55. The Kier molecular flexibility index (Phi) is 4.91. The SMILES string of the molecule is CC(=O)Nc1ccc(CC(=O)N2CCC(C)(c3noc(C4CC4)n3)CC2)cc1. The molecule has 1 aromatic carbocycles. The molecule has 1 saturated carbocycles. The maximum atomic E-state index is 12.7. The molecule has 1 aromatic heterocycles. The fourth-order valence-electron chi connectivity index (χ4n) is 3.65. The van der Waals surface area contributed by atoms with Gasteiger partial charge in [0.25, 0.3) is 0 Å². The van der Waals surface area contributed by atoms with Crippen LogP contribution in [-0.2, 0) is 21.4 Å². The molecule has 0 bridgehead atoms. The van der Waals surface area contributed by atoms with Crippen molar-refractivity contribution >= 4 is 17.5 Å². The molecule has 2 amide bonds. The van der Waals surface area contributed by atoms with Crippen LogP contribution in [0.4, 0.5) is 5.69 Å². The van der Waals surface area contributed by atoms with Crippen LogP contribution in [0.15, 0.2) is 28.8 Å². The molecular formula is C21H26N4O3. The van der Waals surface area contributed by atoms with Crippen molar-refractivity contribution in [2.45, 2.75) is 57.3 Å². The van der Waals surface area contributed by atoms with Crippen molar-refractivity contribution in [1.29, 1.82) is 0 Å². The van der Waals surface area contributed by atoms with Gasteiger partial charge in [0, 0.05) is 37.0 Å². The highest BCUT2D eigenvalue weighted by Crippen LogP contribution is 2.41. The van der Waals surface area contributed by atoms with Gasteiger partial charge in [-0.3, -0.25) is 9.59 Å². The lowest BCUT2D eigenvalue weighted by Gasteiger charge is -2.37. The Labute approximate surface area is 164 Å². The van der Waals surface area contributed by atoms with E-state index in [1.54, 1.807) is 0 Å². The summed E-state index contributed by atoms with van der Waals surface area (Å²) in [6, 6.07) is 7.42. The monoisotopic (exact) mass is 382 g/mol. The molecule has 4 rings (SSSR count). The molecule has 1 aliphatic heterocycles. The van der Waals surface area contributed by atoms with Crippen LogP contribution in [0.5, 0.6) is 0 Å². The lowest BCUT2D eigenvalue weighted by molar-refractivity contribution is -0.132. The van der Waals surface area contributed by atoms with E-state index in [0.717, 1.165) is 48.6 Å². The van der Waals surface area contributed by atoms with Gasteiger partial charge in [0.1, 0.15) is 0 Å². The molecule has 1 N–H and O–H groups in total. The molecule has 148 valence electrons. The van der Waals surface area contributed by atoms with E-state index in [1.807, 2.05) is 29.2 Å². The molecule has 0 unspecified atom stereocenters. The van der Waals surface area contributed by atoms with Crippen molar-refractivity contribution in [2.75, 3.05) is 18.4 Å². The molecule has 2 fully saturated rings. The first kappa shape index (κ1) is 18.7. The zero-order chi connectivity index (χ0) is 19.7. The third-order valence-electron chi connectivity index (χ3n) is 5.76. The quantitative estimate of drug-likeness (QED) is 0.859. The minimum Gasteiger partial charge on any atom is -0.342 e. The minimum atomic E-state index is -0.132. The Morgan fingerprint density at radius 1 is 1.21 bits per heavy atom. The van der Waals surface area contributed by atoms with E-state index < -0.39 is 0 Å². The first-order chi connectivity index (χ1) is 13.4. The summed E-state index contributed by atoms with van der Waals surface area (Å²) in [7, 11) is 0. The van der Waals surface area contributed by atoms with Crippen LogP contribution >= 0.6 is 0 Å². The molecule has 28 heavy (non-hydrogen) atoms. The number of carbonyl (C=O) groups excluding carboxylic acids is 2. The Morgan fingerprint density at radius 2 is 1.89 bits per heavy atom. The highest BCUT2D eigenvalue weighted by Gasteiger charge is 2.39. The molecule has 0 atom stereocenters. The van der Waals surface area contributed by atoms with Gasteiger partial charge in [0.05, 0.1) is 6.42 Å². The summed E-state index contributed by atoms with van der Waals surface area (Å²) in [5.74, 6) is 2.04. The molecule has 7 heteroatoms. The van der Waals surface area contributed by atoms with Crippen molar-refractivity contribution in [3.8, 4) is 0 Å².